The molecule has 0 N–H and O–H groups in total. The molecule has 0 aliphatic heterocycles. The van der Waals surface area contributed by atoms with Crippen LogP contribution in [0.1, 0.15) is 29.4 Å². The largest absolute Gasteiger partial charge is 0.491 e. The standard InChI is InChI=1S/C18H14F2N4O/c1-25-16-14(19)4-3-11(15(16)20)13-7-12(13)10-8-23-18(24-9-10)17-21-5-2-6-22-17/h2-6,8-9,12-13H,7H2,1H3/t12-,13+/m0/s1. The lowest BCUT2D eigenvalue weighted by molar-refractivity contribution is 0.357. The van der Waals surface area contributed by atoms with Crippen molar-refractivity contribution in [1.29, 1.82) is 0 Å². The van der Waals surface area contributed by atoms with E-state index in [2.05, 4.69) is 19.9 Å². The molecule has 1 aromatic carbocycles. The number of aromatic nitrogens is 4. The van der Waals surface area contributed by atoms with Gasteiger partial charge < -0.3 is 4.74 Å². The fraction of sp³-hybridized carbons (Fsp3) is 0.222. The molecule has 5 nitrogen and oxygen atoms in total. The van der Waals surface area contributed by atoms with Gasteiger partial charge in [-0.3, -0.25) is 0 Å². The number of hydrogen-bond acceptors (Lipinski definition) is 5. The summed E-state index contributed by atoms with van der Waals surface area (Å²) in [7, 11) is 1.26. The molecule has 0 spiro atoms. The minimum Gasteiger partial charge on any atom is -0.491 e. The van der Waals surface area contributed by atoms with Gasteiger partial charge in [0.1, 0.15) is 0 Å². The maximum Gasteiger partial charge on any atom is 0.197 e. The van der Waals surface area contributed by atoms with Crippen LogP contribution in [0.25, 0.3) is 11.6 Å². The molecule has 1 fully saturated rings. The highest BCUT2D eigenvalue weighted by Gasteiger charge is 2.42. The third-order valence-electron chi connectivity index (χ3n) is 4.34. The summed E-state index contributed by atoms with van der Waals surface area (Å²) in [5.41, 5.74) is 1.37. The molecule has 0 unspecified atom stereocenters. The van der Waals surface area contributed by atoms with Crippen molar-refractivity contribution in [1.82, 2.24) is 19.9 Å². The molecule has 1 aliphatic carbocycles. The SMILES string of the molecule is COc1c(F)ccc([C@H]2C[C@H]2c2cnc(-c3ncccn3)nc2)c1F. The molecular formula is C18H14F2N4O. The number of methoxy groups -OCH3 is 1. The Morgan fingerprint density at radius 3 is 2.32 bits per heavy atom. The molecule has 0 radical (unpaired) electrons. The average molecular weight is 340 g/mol. The molecule has 0 amide bonds. The Balaban J connectivity index is 1.56. The highest BCUT2D eigenvalue weighted by atomic mass is 19.1. The van der Waals surface area contributed by atoms with Crippen LogP contribution in [0.15, 0.2) is 43.0 Å². The molecule has 2 atom stereocenters. The van der Waals surface area contributed by atoms with Crippen molar-refractivity contribution in [2.45, 2.75) is 18.3 Å². The molecule has 25 heavy (non-hydrogen) atoms. The summed E-state index contributed by atoms with van der Waals surface area (Å²) in [6.45, 7) is 0. The van der Waals surface area contributed by atoms with Gasteiger partial charge >= 0.3 is 0 Å². The number of rotatable bonds is 4. The van der Waals surface area contributed by atoms with Crippen molar-refractivity contribution in [2.24, 2.45) is 0 Å². The first-order valence-corrected chi connectivity index (χ1v) is 7.80. The maximum absolute atomic E-state index is 14.4. The minimum atomic E-state index is -0.698. The first-order chi connectivity index (χ1) is 12.2. The van der Waals surface area contributed by atoms with Crippen molar-refractivity contribution < 1.29 is 13.5 Å². The highest BCUT2D eigenvalue weighted by molar-refractivity contribution is 5.44. The average Bonchev–Trinajstić information content (AvgIpc) is 3.44. The zero-order valence-electron chi connectivity index (χ0n) is 13.4. The van der Waals surface area contributed by atoms with E-state index in [1.807, 2.05) is 0 Å². The summed E-state index contributed by atoms with van der Waals surface area (Å²) in [4.78, 5) is 16.8. The van der Waals surface area contributed by atoms with E-state index in [-0.39, 0.29) is 17.6 Å². The summed E-state index contributed by atoms with van der Waals surface area (Å²) < 4.78 is 32.7. The van der Waals surface area contributed by atoms with E-state index >= 15 is 0 Å². The fourth-order valence-electron chi connectivity index (χ4n) is 2.99. The molecule has 126 valence electrons. The second-order valence-corrected chi connectivity index (χ2v) is 5.84. The van der Waals surface area contributed by atoms with Gasteiger partial charge in [0, 0.05) is 24.8 Å². The quantitative estimate of drug-likeness (QED) is 0.727. The smallest absolute Gasteiger partial charge is 0.197 e. The van der Waals surface area contributed by atoms with Crippen molar-refractivity contribution in [3.63, 3.8) is 0 Å². The lowest BCUT2D eigenvalue weighted by atomic mass is 10.1. The van der Waals surface area contributed by atoms with Crippen LogP contribution in [0.2, 0.25) is 0 Å². The molecular weight excluding hydrogens is 326 g/mol. The van der Waals surface area contributed by atoms with E-state index in [1.54, 1.807) is 30.9 Å². The highest BCUT2D eigenvalue weighted by Crippen LogP contribution is 2.55. The Kier molecular flexibility index (Phi) is 3.83. The Bertz CT molecular complexity index is 903. The summed E-state index contributed by atoms with van der Waals surface area (Å²) in [5, 5.41) is 0. The van der Waals surface area contributed by atoms with Crippen LogP contribution in [0, 0.1) is 11.6 Å². The van der Waals surface area contributed by atoms with E-state index in [4.69, 9.17) is 4.74 Å². The van der Waals surface area contributed by atoms with Gasteiger partial charge in [0.25, 0.3) is 0 Å². The second kappa shape index (κ2) is 6.16. The Morgan fingerprint density at radius 1 is 0.960 bits per heavy atom. The first-order valence-electron chi connectivity index (χ1n) is 7.80. The Labute approximate surface area is 142 Å². The van der Waals surface area contributed by atoms with Crippen LogP contribution < -0.4 is 4.74 Å². The van der Waals surface area contributed by atoms with Gasteiger partial charge in [0.15, 0.2) is 29.0 Å². The van der Waals surface area contributed by atoms with Crippen molar-refractivity contribution >= 4 is 0 Å². The van der Waals surface area contributed by atoms with E-state index < -0.39 is 11.6 Å². The van der Waals surface area contributed by atoms with Crippen LogP contribution in [-0.4, -0.2) is 27.0 Å². The lowest BCUT2D eigenvalue weighted by Crippen LogP contribution is -1.98. The Morgan fingerprint density at radius 2 is 1.64 bits per heavy atom. The summed E-state index contributed by atoms with van der Waals surface area (Å²) in [5.74, 6) is -0.697. The number of ether oxygens (including phenoxy) is 1. The molecule has 3 aromatic rings. The topological polar surface area (TPSA) is 60.8 Å². The molecule has 1 saturated carbocycles. The van der Waals surface area contributed by atoms with Gasteiger partial charge in [0.05, 0.1) is 7.11 Å². The van der Waals surface area contributed by atoms with Gasteiger partial charge in [-0.25, -0.2) is 28.7 Å². The zero-order chi connectivity index (χ0) is 17.4. The molecule has 1 aliphatic rings. The minimum absolute atomic E-state index is 0.0306. The predicted molar refractivity (Wildman–Crippen MR) is 86.1 cm³/mol. The third kappa shape index (κ3) is 2.82. The number of halogens is 2. The van der Waals surface area contributed by atoms with Crippen molar-refractivity contribution in [2.75, 3.05) is 7.11 Å². The normalized spacial score (nSPS) is 18.8. The van der Waals surface area contributed by atoms with E-state index in [0.717, 1.165) is 12.0 Å². The molecule has 7 heteroatoms. The van der Waals surface area contributed by atoms with E-state index in [1.165, 1.54) is 19.2 Å². The summed E-state index contributed by atoms with van der Waals surface area (Å²) in [6.07, 6.45) is 7.43. The molecule has 2 heterocycles. The van der Waals surface area contributed by atoms with Gasteiger partial charge in [-0.2, -0.15) is 0 Å². The first kappa shape index (κ1) is 15.6. The van der Waals surface area contributed by atoms with E-state index in [0.29, 0.717) is 17.2 Å². The van der Waals surface area contributed by atoms with Crippen molar-refractivity contribution in [3.05, 3.63) is 65.7 Å². The molecule has 0 bridgehead atoms. The van der Waals surface area contributed by atoms with E-state index in [9.17, 15) is 8.78 Å². The van der Waals surface area contributed by atoms with Crippen LogP contribution in [0.4, 0.5) is 8.78 Å². The predicted octanol–water partition coefficient (Wildman–Crippen LogP) is 3.49. The van der Waals surface area contributed by atoms with Crippen molar-refractivity contribution in [3.8, 4) is 17.4 Å². The molecule has 4 rings (SSSR count). The van der Waals surface area contributed by atoms with Gasteiger partial charge in [0.2, 0.25) is 0 Å². The van der Waals surface area contributed by atoms with Crippen LogP contribution >= 0.6 is 0 Å². The number of nitrogens with zero attached hydrogens (tertiary/aromatic N) is 4. The van der Waals surface area contributed by atoms with Gasteiger partial charge in [-0.15, -0.1) is 0 Å². The third-order valence-corrected chi connectivity index (χ3v) is 4.34. The summed E-state index contributed by atoms with van der Waals surface area (Å²) >= 11 is 0. The van der Waals surface area contributed by atoms with Crippen LogP contribution in [-0.2, 0) is 0 Å². The van der Waals surface area contributed by atoms with Crippen LogP contribution in [0.3, 0.4) is 0 Å². The maximum atomic E-state index is 14.4. The number of benzene rings is 1. The monoisotopic (exact) mass is 340 g/mol. The zero-order valence-corrected chi connectivity index (χ0v) is 13.4. The Hall–Kier alpha value is -2.96. The molecule has 0 saturated heterocycles. The van der Waals surface area contributed by atoms with Gasteiger partial charge in [-0.1, -0.05) is 6.07 Å². The lowest BCUT2D eigenvalue weighted by Gasteiger charge is -2.08. The molecule has 2 aromatic heterocycles. The summed E-state index contributed by atoms with van der Waals surface area (Å²) in [6, 6.07) is 4.43. The fourth-order valence-corrected chi connectivity index (χ4v) is 2.99. The van der Waals surface area contributed by atoms with Crippen LogP contribution in [0.5, 0.6) is 5.75 Å². The van der Waals surface area contributed by atoms with Gasteiger partial charge in [-0.05, 0) is 41.5 Å². The second-order valence-electron chi connectivity index (χ2n) is 5.84. The number of hydrogen-bond donors (Lipinski definition) is 0.